The number of aliphatic hydroxyl groups is 1. The predicted molar refractivity (Wildman–Crippen MR) is 74.8 cm³/mol. The molecule has 1 aromatic carbocycles. The van der Waals surface area contributed by atoms with Gasteiger partial charge in [-0.15, -0.1) is 0 Å². The third-order valence-corrected chi connectivity index (χ3v) is 2.97. The van der Waals surface area contributed by atoms with Gasteiger partial charge in [0.25, 0.3) is 0 Å². The summed E-state index contributed by atoms with van der Waals surface area (Å²) < 4.78 is 5.68. The number of pyridine rings is 1. The smallest absolute Gasteiger partial charge is 0.109 e. The van der Waals surface area contributed by atoms with E-state index < -0.39 is 6.10 Å². The lowest BCUT2D eigenvalue weighted by Crippen LogP contribution is -2.24. The first-order valence-corrected chi connectivity index (χ1v) is 6.55. The summed E-state index contributed by atoms with van der Waals surface area (Å²) in [5.41, 5.74) is 1.86. The number of aromatic nitrogens is 1. The van der Waals surface area contributed by atoms with Gasteiger partial charge in [0, 0.05) is 24.9 Å². The van der Waals surface area contributed by atoms with E-state index in [0.29, 0.717) is 13.0 Å². The third-order valence-electron chi connectivity index (χ3n) is 2.97. The van der Waals surface area contributed by atoms with Gasteiger partial charge in [0.1, 0.15) is 6.10 Å². The summed E-state index contributed by atoms with van der Waals surface area (Å²) in [6, 6.07) is 15.5. The molecule has 100 valence electrons. The summed E-state index contributed by atoms with van der Waals surface area (Å²) in [6.07, 6.45) is 1.31. The Morgan fingerprint density at radius 3 is 2.47 bits per heavy atom. The molecule has 19 heavy (non-hydrogen) atoms. The van der Waals surface area contributed by atoms with Crippen molar-refractivity contribution in [1.82, 2.24) is 4.98 Å². The van der Waals surface area contributed by atoms with Crippen LogP contribution in [0.5, 0.6) is 0 Å². The summed E-state index contributed by atoms with van der Waals surface area (Å²) >= 11 is 0. The summed E-state index contributed by atoms with van der Waals surface area (Å²) in [5, 5.41) is 10.4. The molecule has 1 heterocycles. The van der Waals surface area contributed by atoms with E-state index in [4.69, 9.17) is 4.74 Å². The first-order valence-electron chi connectivity index (χ1n) is 6.55. The molecule has 0 amide bonds. The summed E-state index contributed by atoms with van der Waals surface area (Å²) in [7, 11) is 0. The van der Waals surface area contributed by atoms with Gasteiger partial charge in [-0.3, -0.25) is 4.98 Å². The SMILES string of the molecule is CCOC(c1ccccc1)C(O)Cc1ccccn1. The monoisotopic (exact) mass is 257 g/mol. The van der Waals surface area contributed by atoms with E-state index in [0.717, 1.165) is 11.3 Å². The maximum atomic E-state index is 10.4. The van der Waals surface area contributed by atoms with Crippen LogP contribution in [0.1, 0.15) is 24.3 Å². The van der Waals surface area contributed by atoms with Crippen LogP contribution in [0.3, 0.4) is 0 Å². The maximum absolute atomic E-state index is 10.4. The highest BCUT2D eigenvalue weighted by Gasteiger charge is 2.22. The average Bonchev–Trinajstić information content (AvgIpc) is 2.46. The van der Waals surface area contributed by atoms with E-state index in [1.807, 2.05) is 55.5 Å². The average molecular weight is 257 g/mol. The molecule has 2 unspecified atom stereocenters. The lowest BCUT2D eigenvalue weighted by Gasteiger charge is -2.23. The zero-order valence-corrected chi connectivity index (χ0v) is 11.1. The summed E-state index contributed by atoms with van der Waals surface area (Å²) in [5.74, 6) is 0. The van der Waals surface area contributed by atoms with E-state index in [2.05, 4.69) is 4.98 Å². The van der Waals surface area contributed by atoms with E-state index in [1.54, 1.807) is 6.20 Å². The zero-order chi connectivity index (χ0) is 13.5. The van der Waals surface area contributed by atoms with Crippen LogP contribution in [0, 0.1) is 0 Å². The number of ether oxygens (including phenoxy) is 1. The Morgan fingerprint density at radius 2 is 1.84 bits per heavy atom. The molecule has 1 N–H and O–H groups in total. The Morgan fingerprint density at radius 1 is 1.11 bits per heavy atom. The van der Waals surface area contributed by atoms with Gasteiger partial charge < -0.3 is 9.84 Å². The van der Waals surface area contributed by atoms with Crippen LogP contribution >= 0.6 is 0 Å². The van der Waals surface area contributed by atoms with Gasteiger partial charge in [-0.05, 0) is 24.6 Å². The molecule has 0 saturated carbocycles. The molecular formula is C16H19NO2. The van der Waals surface area contributed by atoms with Crippen LogP contribution < -0.4 is 0 Å². The van der Waals surface area contributed by atoms with Crippen molar-refractivity contribution >= 4 is 0 Å². The first kappa shape index (κ1) is 13.7. The van der Waals surface area contributed by atoms with Crippen molar-refractivity contribution in [2.75, 3.05) is 6.61 Å². The lowest BCUT2D eigenvalue weighted by atomic mass is 10.0. The van der Waals surface area contributed by atoms with Gasteiger partial charge in [0.15, 0.2) is 0 Å². The second kappa shape index (κ2) is 7.02. The minimum atomic E-state index is -0.600. The fraction of sp³-hybridized carbons (Fsp3) is 0.312. The number of benzene rings is 1. The molecule has 0 saturated heterocycles. The van der Waals surface area contributed by atoms with Crippen molar-refractivity contribution in [3.05, 3.63) is 66.0 Å². The molecule has 0 bridgehead atoms. The van der Waals surface area contributed by atoms with Gasteiger partial charge in [0.2, 0.25) is 0 Å². The molecule has 2 atom stereocenters. The molecule has 0 aliphatic carbocycles. The zero-order valence-electron chi connectivity index (χ0n) is 11.1. The highest BCUT2D eigenvalue weighted by molar-refractivity contribution is 5.19. The second-order valence-electron chi connectivity index (χ2n) is 4.38. The topological polar surface area (TPSA) is 42.4 Å². The Kier molecular flexibility index (Phi) is 5.07. The summed E-state index contributed by atoms with van der Waals surface area (Å²) in [4.78, 5) is 4.24. The van der Waals surface area contributed by atoms with Crippen LogP contribution in [0.4, 0.5) is 0 Å². The molecule has 1 aromatic heterocycles. The minimum Gasteiger partial charge on any atom is -0.390 e. The molecule has 0 aliphatic heterocycles. The highest BCUT2D eigenvalue weighted by Crippen LogP contribution is 2.23. The number of hydrogen-bond donors (Lipinski definition) is 1. The lowest BCUT2D eigenvalue weighted by molar-refractivity contribution is -0.0343. The van der Waals surface area contributed by atoms with Crippen LogP contribution in [-0.4, -0.2) is 22.8 Å². The van der Waals surface area contributed by atoms with Crippen molar-refractivity contribution in [2.45, 2.75) is 25.6 Å². The molecule has 0 fully saturated rings. The number of aliphatic hydroxyl groups excluding tert-OH is 1. The van der Waals surface area contributed by atoms with E-state index >= 15 is 0 Å². The molecule has 3 nitrogen and oxygen atoms in total. The van der Waals surface area contributed by atoms with Crippen molar-refractivity contribution in [3.63, 3.8) is 0 Å². The van der Waals surface area contributed by atoms with Gasteiger partial charge in [-0.2, -0.15) is 0 Å². The minimum absolute atomic E-state index is 0.312. The van der Waals surface area contributed by atoms with E-state index in [1.165, 1.54) is 0 Å². The normalized spacial score (nSPS) is 14.0. The largest absolute Gasteiger partial charge is 0.390 e. The van der Waals surface area contributed by atoms with Crippen molar-refractivity contribution in [2.24, 2.45) is 0 Å². The number of rotatable bonds is 6. The first-order chi connectivity index (χ1) is 9.31. The molecule has 2 aromatic rings. The van der Waals surface area contributed by atoms with Gasteiger partial charge in [0.05, 0.1) is 6.10 Å². The van der Waals surface area contributed by atoms with Crippen LogP contribution in [0.2, 0.25) is 0 Å². The highest BCUT2D eigenvalue weighted by atomic mass is 16.5. The fourth-order valence-electron chi connectivity index (χ4n) is 2.09. The van der Waals surface area contributed by atoms with Crippen LogP contribution in [-0.2, 0) is 11.2 Å². The number of hydrogen-bond acceptors (Lipinski definition) is 3. The Labute approximate surface area is 113 Å². The molecule has 0 aliphatic rings. The standard InChI is InChI=1S/C16H19NO2/c1-2-19-16(13-8-4-3-5-9-13)15(18)12-14-10-6-7-11-17-14/h3-11,15-16,18H,2,12H2,1H3. The Hall–Kier alpha value is -1.71. The second-order valence-corrected chi connectivity index (χ2v) is 4.38. The van der Waals surface area contributed by atoms with Gasteiger partial charge in [-0.1, -0.05) is 36.4 Å². The quantitative estimate of drug-likeness (QED) is 0.865. The molecule has 0 radical (unpaired) electrons. The number of nitrogens with zero attached hydrogens (tertiary/aromatic N) is 1. The van der Waals surface area contributed by atoms with Crippen molar-refractivity contribution in [3.8, 4) is 0 Å². The molecule has 2 rings (SSSR count). The third kappa shape index (κ3) is 3.88. The van der Waals surface area contributed by atoms with Gasteiger partial charge >= 0.3 is 0 Å². The Bertz CT molecular complexity index is 473. The molecule has 0 spiro atoms. The van der Waals surface area contributed by atoms with Crippen molar-refractivity contribution < 1.29 is 9.84 Å². The van der Waals surface area contributed by atoms with E-state index in [9.17, 15) is 5.11 Å². The fourth-order valence-corrected chi connectivity index (χ4v) is 2.09. The van der Waals surface area contributed by atoms with Crippen LogP contribution in [0.25, 0.3) is 0 Å². The Balaban J connectivity index is 2.11. The molecular weight excluding hydrogens is 238 g/mol. The van der Waals surface area contributed by atoms with Gasteiger partial charge in [-0.25, -0.2) is 0 Å². The summed E-state index contributed by atoms with van der Waals surface area (Å²) in [6.45, 7) is 2.50. The molecule has 3 heteroatoms. The van der Waals surface area contributed by atoms with Crippen molar-refractivity contribution in [1.29, 1.82) is 0 Å². The predicted octanol–water partition coefficient (Wildman–Crippen LogP) is 2.76. The van der Waals surface area contributed by atoms with Crippen LogP contribution in [0.15, 0.2) is 54.7 Å². The maximum Gasteiger partial charge on any atom is 0.109 e. The van der Waals surface area contributed by atoms with E-state index in [-0.39, 0.29) is 6.10 Å².